The Morgan fingerprint density at radius 1 is 0.850 bits per heavy atom. The zero-order chi connectivity index (χ0) is 13.8. The van der Waals surface area contributed by atoms with Crippen molar-refractivity contribution in [3.05, 3.63) is 77.9 Å². The maximum absolute atomic E-state index is 4.61. The van der Waals surface area contributed by atoms with Crippen LogP contribution in [0, 0.1) is 0 Å². The van der Waals surface area contributed by atoms with Gasteiger partial charge < -0.3 is 0 Å². The summed E-state index contributed by atoms with van der Waals surface area (Å²) in [6.07, 6.45) is 3.01. The fraction of sp³-hybridized carbons (Fsp3) is 0.105. The van der Waals surface area contributed by atoms with E-state index in [2.05, 4.69) is 48.3 Å². The number of aliphatic imine (C=N–C) groups is 1. The third-order valence-electron chi connectivity index (χ3n) is 3.54. The maximum atomic E-state index is 4.61. The summed E-state index contributed by atoms with van der Waals surface area (Å²) < 4.78 is 0. The van der Waals surface area contributed by atoms with Gasteiger partial charge in [-0.05, 0) is 34.9 Å². The number of rotatable bonds is 3. The van der Waals surface area contributed by atoms with Crippen molar-refractivity contribution in [3.63, 3.8) is 0 Å². The fourth-order valence-corrected chi connectivity index (χ4v) is 2.45. The molecule has 0 bridgehead atoms. The Morgan fingerprint density at radius 3 is 2.40 bits per heavy atom. The zero-order valence-corrected chi connectivity index (χ0v) is 11.6. The van der Waals surface area contributed by atoms with Crippen LogP contribution < -0.4 is 0 Å². The predicted molar refractivity (Wildman–Crippen MR) is 87.0 cm³/mol. The first kappa shape index (κ1) is 12.6. The second-order valence-corrected chi connectivity index (χ2v) is 4.81. The first-order valence-electron chi connectivity index (χ1n) is 6.98. The highest BCUT2D eigenvalue weighted by atomic mass is 14.7. The number of hydrogen-bond donors (Lipinski definition) is 0. The average Bonchev–Trinajstić information content (AvgIpc) is 2.53. The summed E-state index contributed by atoms with van der Waals surface area (Å²) in [5.41, 5.74) is 3.56. The van der Waals surface area contributed by atoms with Crippen LogP contribution in [0.25, 0.3) is 10.8 Å². The van der Waals surface area contributed by atoms with E-state index in [0.29, 0.717) is 0 Å². The molecule has 3 aromatic rings. The fourth-order valence-electron chi connectivity index (χ4n) is 2.45. The van der Waals surface area contributed by atoms with E-state index in [0.717, 1.165) is 12.1 Å². The van der Waals surface area contributed by atoms with Crippen molar-refractivity contribution in [2.45, 2.75) is 13.3 Å². The lowest BCUT2D eigenvalue weighted by molar-refractivity contribution is 1.14. The highest BCUT2D eigenvalue weighted by molar-refractivity contribution is 6.01. The molecule has 1 heteroatoms. The first-order valence-corrected chi connectivity index (χ1v) is 6.98. The van der Waals surface area contributed by atoms with E-state index in [1.165, 1.54) is 21.9 Å². The van der Waals surface area contributed by atoms with Gasteiger partial charge in [-0.3, -0.25) is 4.99 Å². The Hall–Kier alpha value is -2.41. The summed E-state index contributed by atoms with van der Waals surface area (Å²) in [6, 6.07) is 22.9. The molecule has 0 radical (unpaired) electrons. The minimum Gasteiger partial charge on any atom is -0.256 e. The summed E-state index contributed by atoms with van der Waals surface area (Å²) in [6.45, 7) is 2.18. The molecule has 20 heavy (non-hydrogen) atoms. The molecule has 0 aliphatic rings. The SMILES string of the molecule is CCc1ccc2ccccc2c1C=Nc1ccccc1. The Bertz CT molecular complexity index is 742. The highest BCUT2D eigenvalue weighted by Gasteiger charge is 2.03. The van der Waals surface area contributed by atoms with Crippen LogP contribution in [0.2, 0.25) is 0 Å². The minimum atomic E-state index is 0.988. The molecular weight excluding hydrogens is 242 g/mol. The standard InChI is InChI=1S/C19H17N/c1-2-15-12-13-16-8-6-7-11-18(16)19(15)14-20-17-9-4-3-5-10-17/h3-14H,2H2,1H3. The number of hydrogen-bond acceptors (Lipinski definition) is 1. The van der Waals surface area contributed by atoms with Crippen molar-refractivity contribution in [2.24, 2.45) is 4.99 Å². The molecule has 0 aromatic heterocycles. The van der Waals surface area contributed by atoms with E-state index < -0.39 is 0 Å². The van der Waals surface area contributed by atoms with Crippen molar-refractivity contribution in [1.82, 2.24) is 0 Å². The Balaban J connectivity index is 2.12. The number of aryl methyl sites for hydroxylation is 1. The molecule has 0 amide bonds. The molecule has 0 heterocycles. The van der Waals surface area contributed by atoms with Gasteiger partial charge in [-0.2, -0.15) is 0 Å². The minimum absolute atomic E-state index is 0.988. The third-order valence-corrected chi connectivity index (χ3v) is 3.54. The monoisotopic (exact) mass is 259 g/mol. The van der Waals surface area contributed by atoms with Gasteiger partial charge in [0, 0.05) is 11.8 Å². The van der Waals surface area contributed by atoms with Gasteiger partial charge in [0.05, 0.1) is 5.69 Å². The lowest BCUT2D eigenvalue weighted by Crippen LogP contribution is -1.93. The summed E-state index contributed by atoms with van der Waals surface area (Å²) in [5, 5.41) is 2.53. The van der Waals surface area contributed by atoms with Crippen LogP contribution in [-0.2, 0) is 6.42 Å². The van der Waals surface area contributed by atoms with Gasteiger partial charge in [0.25, 0.3) is 0 Å². The van der Waals surface area contributed by atoms with Crippen LogP contribution in [0.3, 0.4) is 0 Å². The van der Waals surface area contributed by atoms with Gasteiger partial charge in [-0.1, -0.05) is 61.5 Å². The molecule has 0 saturated carbocycles. The largest absolute Gasteiger partial charge is 0.256 e. The smallest absolute Gasteiger partial charge is 0.0629 e. The topological polar surface area (TPSA) is 12.4 Å². The van der Waals surface area contributed by atoms with E-state index in [1.54, 1.807) is 0 Å². The average molecular weight is 259 g/mol. The molecule has 0 saturated heterocycles. The molecule has 0 N–H and O–H groups in total. The van der Waals surface area contributed by atoms with E-state index in [1.807, 2.05) is 36.5 Å². The Morgan fingerprint density at radius 2 is 1.60 bits per heavy atom. The molecule has 0 aliphatic heterocycles. The second kappa shape index (κ2) is 5.70. The van der Waals surface area contributed by atoms with Crippen LogP contribution in [0.4, 0.5) is 5.69 Å². The number of para-hydroxylation sites is 1. The lowest BCUT2D eigenvalue weighted by atomic mass is 9.98. The number of nitrogens with zero attached hydrogens (tertiary/aromatic N) is 1. The normalized spacial score (nSPS) is 11.2. The summed E-state index contributed by atoms with van der Waals surface area (Å²) >= 11 is 0. The quantitative estimate of drug-likeness (QED) is 0.577. The van der Waals surface area contributed by atoms with Gasteiger partial charge in [0.15, 0.2) is 0 Å². The third kappa shape index (κ3) is 2.48. The summed E-state index contributed by atoms with van der Waals surface area (Å²) in [4.78, 5) is 4.61. The molecule has 0 unspecified atom stereocenters. The Labute approximate surface area is 119 Å². The Kier molecular flexibility index (Phi) is 3.60. The molecule has 3 rings (SSSR count). The van der Waals surface area contributed by atoms with E-state index in [4.69, 9.17) is 0 Å². The van der Waals surface area contributed by atoms with Crippen molar-refractivity contribution in [3.8, 4) is 0 Å². The molecule has 0 aliphatic carbocycles. The molecule has 0 fully saturated rings. The van der Waals surface area contributed by atoms with E-state index >= 15 is 0 Å². The molecular formula is C19H17N. The van der Waals surface area contributed by atoms with Crippen LogP contribution in [0.1, 0.15) is 18.1 Å². The molecule has 0 spiro atoms. The van der Waals surface area contributed by atoms with Gasteiger partial charge in [-0.15, -0.1) is 0 Å². The van der Waals surface area contributed by atoms with Crippen LogP contribution in [-0.4, -0.2) is 6.21 Å². The van der Waals surface area contributed by atoms with Gasteiger partial charge in [-0.25, -0.2) is 0 Å². The number of benzene rings is 3. The zero-order valence-electron chi connectivity index (χ0n) is 11.6. The first-order chi connectivity index (χ1) is 9.88. The second-order valence-electron chi connectivity index (χ2n) is 4.81. The predicted octanol–water partition coefficient (Wildman–Crippen LogP) is 5.15. The maximum Gasteiger partial charge on any atom is 0.0629 e. The highest BCUT2D eigenvalue weighted by Crippen LogP contribution is 2.22. The summed E-state index contributed by atoms with van der Waals surface area (Å²) in [5.74, 6) is 0. The van der Waals surface area contributed by atoms with Crippen LogP contribution >= 0.6 is 0 Å². The van der Waals surface area contributed by atoms with Crippen molar-refractivity contribution in [2.75, 3.05) is 0 Å². The van der Waals surface area contributed by atoms with Gasteiger partial charge >= 0.3 is 0 Å². The van der Waals surface area contributed by atoms with Crippen LogP contribution in [0.5, 0.6) is 0 Å². The summed E-state index contributed by atoms with van der Waals surface area (Å²) in [7, 11) is 0. The van der Waals surface area contributed by atoms with E-state index in [-0.39, 0.29) is 0 Å². The van der Waals surface area contributed by atoms with E-state index in [9.17, 15) is 0 Å². The number of fused-ring (bicyclic) bond motifs is 1. The van der Waals surface area contributed by atoms with Gasteiger partial charge in [0.1, 0.15) is 0 Å². The molecule has 0 atom stereocenters. The molecule has 3 aromatic carbocycles. The molecule has 1 nitrogen and oxygen atoms in total. The lowest BCUT2D eigenvalue weighted by Gasteiger charge is -2.07. The van der Waals surface area contributed by atoms with Crippen molar-refractivity contribution in [1.29, 1.82) is 0 Å². The van der Waals surface area contributed by atoms with Gasteiger partial charge in [0.2, 0.25) is 0 Å². The van der Waals surface area contributed by atoms with Crippen molar-refractivity contribution >= 4 is 22.7 Å². The molecule has 98 valence electrons. The van der Waals surface area contributed by atoms with Crippen LogP contribution in [0.15, 0.2) is 71.7 Å². The van der Waals surface area contributed by atoms with Crippen molar-refractivity contribution < 1.29 is 0 Å².